The van der Waals surface area contributed by atoms with Crippen LogP contribution in [0.3, 0.4) is 0 Å². The minimum Gasteiger partial charge on any atom is -0.465 e. The highest BCUT2D eigenvalue weighted by Gasteiger charge is 2.46. The van der Waals surface area contributed by atoms with Crippen LogP contribution in [0, 0.1) is 5.82 Å². The standard InChI is InChI=1S/C33H33ClFN5O6/c1-33(28-7-6-20(34)14-36-28)45-27-5-3-4-23(31(27)46-33)39-10-9-38(25-17-43-18-26(25)39)16-29-37-30-22(35)12-19(32(41)42-2)13-24(30)40(29)15-21-8-11-44-21/h3-7,12-14,21,25-26H,8-11,15-18H2,1-2H3/t21-,25-,26+,33?/m0/s1. The highest BCUT2D eigenvalue weighted by Crippen LogP contribution is 2.50. The van der Waals surface area contributed by atoms with Gasteiger partial charge in [-0.05, 0) is 42.8 Å². The molecule has 3 fully saturated rings. The van der Waals surface area contributed by atoms with Crippen LogP contribution in [0.4, 0.5) is 10.1 Å². The summed E-state index contributed by atoms with van der Waals surface area (Å²) in [5.41, 5.74) is 2.49. The van der Waals surface area contributed by atoms with E-state index in [9.17, 15) is 4.79 Å². The molecule has 240 valence electrons. The highest BCUT2D eigenvalue weighted by atomic mass is 35.5. The number of ether oxygens (including phenoxy) is 5. The Balaban J connectivity index is 1.08. The molecule has 6 heterocycles. The highest BCUT2D eigenvalue weighted by molar-refractivity contribution is 6.30. The van der Waals surface area contributed by atoms with Crippen LogP contribution >= 0.6 is 11.6 Å². The van der Waals surface area contributed by atoms with E-state index in [0.717, 1.165) is 12.1 Å². The second-order valence-electron chi connectivity index (χ2n) is 12.2. The van der Waals surface area contributed by atoms with E-state index in [2.05, 4.69) is 14.8 Å². The number of carbonyl (C=O) groups is 1. The molecule has 2 aromatic carbocycles. The second-order valence-corrected chi connectivity index (χ2v) is 12.6. The number of anilines is 1. The molecule has 13 heteroatoms. The number of carbonyl (C=O) groups excluding carboxylic acids is 1. The van der Waals surface area contributed by atoms with Gasteiger partial charge in [-0.2, -0.15) is 0 Å². The fraction of sp³-hybridized carbons (Fsp3) is 0.424. The van der Waals surface area contributed by atoms with E-state index in [4.69, 9.17) is 40.3 Å². The van der Waals surface area contributed by atoms with Crippen molar-refractivity contribution in [1.82, 2.24) is 19.4 Å². The van der Waals surface area contributed by atoms with Crippen molar-refractivity contribution in [2.75, 3.05) is 44.9 Å². The molecule has 0 aliphatic carbocycles. The fourth-order valence-electron chi connectivity index (χ4n) is 6.93. The van der Waals surface area contributed by atoms with Crippen molar-refractivity contribution in [3.05, 3.63) is 76.6 Å². The maximum Gasteiger partial charge on any atom is 0.338 e. The van der Waals surface area contributed by atoms with Crippen LogP contribution in [-0.4, -0.2) is 83.6 Å². The third-order valence-electron chi connectivity index (χ3n) is 9.41. The number of benzene rings is 2. The SMILES string of the molecule is COC(=O)c1cc(F)c2nc(CN3CCN(c4cccc5c4OC(C)(c4ccc(Cl)cn4)O5)[C@@H]4COC[C@@H]43)n(C[C@@H]3CCO3)c2c1. The lowest BCUT2D eigenvalue weighted by molar-refractivity contribution is -0.0716. The zero-order chi connectivity index (χ0) is 31.6. The van der Waals surface area contributed by atoms with Gasteiger partial charge < -0.3 is 33.2 Å². The maximum absolute atomic E-state index is 15.3. The van der Waals surface area contributed by atoms with Crippen LogP contribution in [0.2, 0.25) is 5.02 Å². The van der Waals surface area contributed by atoms with Gasteiger partial charge in [-0.25, -0.2) is 14.2 Å². The van der Waals surface area contributed by atoms with E-state index < -0.39 is 17.6 Å². The Labute approximate surface area is 269 Å². The van der Waals surface area contributed by atoms with E-state index >= 15 is 4.39 Å². The monoisotopic (exact) mass is 649 g/mol. The van der Waals surface area contributed by atoms with Crippen LogP contribution in [0.5, 0.6) is 11.5 Å². The smallest absolute Gasteiger partial charge is 0.338 e. The summed E-state index contributed by atoms with van der Waals surface area (Å²) < 4.78 is 46.8. The Hall–Kier alpha value is -3.97. The average molecular weight is 650 g/mol. The number of esters is 1. The van der Waals surface area contributed by atoms with Gasteiger partial charge in [-0.3, -0.25) is 9.88 Å². The van der Waals surface area contributed by atoms with Crippen LogP contribution in [0.15, 0.2) is 48.7 Å². The molecule has 4 aliphatic heterocycles. The summed E-state index contributed by atoms with van der Waals surface area (Å²) in [4.78, 5) is 26.2. The lowest BCUT2D eigenvalue weighted by Gasteiger charge is -2.44. The summed E-state index contributed by atoms with van der Waals surface area (Å²) in [6, 6.07) is 12.4. The molecule has 46 heavy (non-hydrogen) atoms. The lowest BCUT2D eigenvalue weighted by atomic mass is 10.0. The first-order chi connectivity index (χ1) is 22.3. The van der Waals surface area contributed by atoms with Crippen molar-refractivity contribution in [2.24, 2.45) is 0 Å². The van der Waals surface area contributed by atoms with Gasteiger partial charge in [0.25, 0.3) is 5.79 Å². The van der Waals surface area contributed by atoms with Gasteiger partial charge >= 0.3 is 5.97 Å². The van der Waals surface area contributed by atoms with Crippen LogP contribution in [0.25, 0.3) is 11.0 Å². The Morgan fingerprint density at radius 2 is 2.00 bits per heavy atom. The van der Waals surface area contributed by atoms with Gasteiger partial charge in [-0.1, -0.05) is 17.7 Å². The predicted octanol–water partition coefficient (Wildman–Crippen LogP) is 4.53. The van der Waals surface area contributed by atoms with E-state index in [1.807, 2.05) is 29.7 Å². The molecule has 1 unspecified atom stereocenters. The third-order valence-corrected chi connectivity index (χ3v) is 9.64. The number of aromatic nitrogens is 3. The second kappa shape index (κ2) is 11.4. The van der Waals surface area contributed by atoms with E-state index in [-0.39, 0.29) is 29.3 Å². The Kier molecular flexibility index (Phi) is 7.28. The summed E-state index contributed by atoms with van der Waals surface area (Å²) >= 11 is 6.07. The first-order valence-electron chi connectivity index (χ1n) is 15.4. The topological polar surface area (TPSA) is 100 Å². The van der Waals surface area contributed by atoms with E-state index in [1.54, 1.807) is 24.4 Å². The molecular formula is C33H33ClFN5O6. The van der Waals surface area contributed by atoms with E-state index in [1.165, 1.54) is 13.2 Å². The molecule has 4 aliphatic rings. The van der Waals surface area contributed by atoms with Gasteiger partial charge in [0.15, 0.2) is 17.3 Å². The predicted molar refractivity (Wildman–Crippen MR) is 166 cm³/mol. The minimum atomic E-state index is -1.09. The summed E-state index contributed by atoms with van der Waals surface area (Å²) in [7, 11) is 1.29. The van der Waals surface area contributed by atoms with Crippen LogP contribution in [-0.2, 0) is 33.1 Å². The molecule has 4 aromatic rings. The number of halogens is 2. The number of imidazole rings is 1. The Morgan fingerprint density at radius 3 is 2.76 bits per heavy atom. The van der Waals surface area contributed by atoms with Crippen molar-refractivity contribution in [3.63, 3.8) is 0 Å². The van der Waals surface area contributed by atoms with Crippen molar-refractivity contribution < 1.29 is 32.9 Å². The molecule has 8 rings (SSSR count). The van der Waals surface area contributed by atoms with Crippen molar-refractivity contribution in [3.8, 4) is 11.5 Å². The quantitative estimate of drug-likeness (QED) is 0.266. The van der Waals surface area contributed by atoms with Gasteiger partial charge in [0.05, 0.1) is 73.4 Å². The number of methoxy groups -OCH3 is 1. The number of hydrogen-bond donors (Lipinski definition) is 0. The normalized spacial score (nSPS) is 25.5. The van der Waals surface area contributed by atoms with Crippen molar-refractivity contribution >= 4 is 34.3 Å². The summed E-state index contributed by atoms with van der Waals surface area (Å²) in [6.45, 7) is 6.07. The number of rotatable bonds is 7. The van der Waals surface area contributed by atoms with Gasteiger partial charge in [0.2, 0.25) is 0 Å². The fourth-order valence-corrected chi connectivity index (χ4v) is 7.04. The Bertz CT molecular complexity index is 1820. The van der Waals surface area contributed by atoms with Crippen molar-refractivity contribution in [1.29, 1.82) is 0 Å². The van der Waals surface area contributed by atoms with Gasteiger partial charge in [-0.15, -0.1) is 0 Å². The molecule has 2 aromatic heterocycles. The number of hydrogen-bond acceptors (Lipinski definition) is 10. The lowest BCUT2D eigenvalue weighted by Crippen LogP contribution is -2.59. The molecule has 11 nitrogen and oxygen atoms in total. The molecule has 3 saturated heterocycles. The molecule has 0 amide bonds. The maximum atomic E-state index is 15.3. The number of pyridine rings is 1. The number of nitrogens with zero attached hydrogens (tertiary/aromatic N) is 5. The molecule has 4 atom stereocenters. The minimum absolute atomic E-state index is 0.0107. The molecule has 0 spiro atoms. The summed E-state index contributed by atoms with van der Waals surface area (Å²) in [5.74, 6) is -0.212. The summed E-state index contributed by atoms with van der Waals surface area (Å²) in [5, 5.41) is 0.539. The summed E-state index contributed by atoms with van der Waals surface area (Å²) in [6.07, 6.45) is 2.50. The molecule has 0 radical (unpaired) electrons. The average Bonchev–Trinajstić information content (AvgIpc) is 3.75. The third kappa shape index (κ3) is 4.95. The molecule has 0 bridgehead atoms. The van der Waals surface area contributed by atoms with E-state index in [0.29, 0.717) is 79.6 Å². The molecular weight excluding hydrogens is 617 g/mol. The van der Waals surface area contributed by atoms with Gasteiger partial charge in [0, 0.05) is 32.8 Å². The number of fused-ring (bicyclic) bond motifs is 3. The van der Waals surface area contributed by atoms with Crippen LogP contribution in [0.1, 0.15) is 35.2 Å². The zero-order valence-corrected chi connectivity index (χ0v) is 26.2. The Morgan fingerprint density at radius 1 is 1.15 bits per heavy atom. The van der Waals surface area contributed by atoms with Crippen molar-refractivity contribution in [2.45, 2.75) is 50.4 Å². The first-order valence-corrected chi connectivity index (χ1v) is 15.8. The largest absolute Gasteiger partial charge is 0.465 e. The number of piperazine rings is 1. The number of para-hydroxylation sites is 1. The molecule has 0 N–H and O–H groups in total. The zero-order valence-electron chi connectivity index (χ0n) is 25.4. The molecule has 0 saturated carbocycles. The van der Waals surface area contributed by atoms with Gasteiger partial charge in [0.1, 0.15) is 17.0 Å². The van der Waals surface area contributed by atoms with Crippen LogP contribution < -0.4 is 14.4 Å². The first kappa shape index (κ1) is 29.4.